The van der Waals surface area contributed by atoms with Crippen LogP contribution in [0.4, 0.5) is 0 Å². The molecule has 1 unspecified atom stereocenters. The number of ether oxygens (including phenoxy) is 1. The predicted octanol–water partition coefficient (Wildman–Crippen LogP) is 2.20. The summed E-state index contributed by atoms with van der Waals surface area (Å²) in [5, 5.41) is 7.54. The minimum Gasteiger partial charge on any atom is -0.489 e. The van der Waals surface area contributed by atoms with E-state index in [1.54, 1.807) is 35.1 Å². The molecule has 0 saturated carbocycles. The van der Waals surface area contributed by atoms with Gasteiger partial charge in [-0.25, -0.2) is 0 Å². The fourth-order valence-corrected chi connectivity index (χ4v) is 1.98. The molecule has 21 heavy (non-hydrogen) atoms. The molecule has 0 fully saturated rings. The van der Waals surface area contributed by atoms with Crippen molar-refractivity contribution in [1.29, 1.82) is 0 Å². The molecule has 112 valence electrons. The van der Waals surface area contributed by atoms with Crippen LogP contribution in [0.25, 0.3) is 0 Å². The normalized spacial score (nSPS) is 12.0. The maximum Gasteiger partial charge on any atom is 0.224 e. The van der Waals surface area contributed by atoms with Gasteiger partial charge in [-0.1, -0.05) is 11.6 Å². The van der Waals surface area contributed by atoms with E-state index in [2.05, 4.69) is 10.4 Å². The Morgan fingerprint density at radius 2 is 2.14 bits per heavy atom. The Hall–Kier alpha value is -2.01. The van der Waals surface area contributed by atoms with Crippen LogP contribution < -0.4 is 10.1 Å². The molecule has 2 rings (SSSR count). The lowest BCUT2D eigenvalue weighted by Crippen LogP contribution is -2.34. The van der Waals surface area contributed by atoms with E-state index in [9.17, 15) is 4.79 Å². The fraction of sp³-hybridized carbons (Fsp3) is 0.333. The zero-order valence-electron chi connectivity index (χ0n) is 12.0. The van der Waals surface area contributed by atoms with Gasteiger partial charge in [0.2, 0.25) is 5.91 Å². The number of aryl methyl sites for hydroxylation is 1. The summed E-state index contributed by atoms with van der Waals surface area (Å²) in [7, 11) is 1.82. The van der Waals surface area contributed by atoms with Crippen molar-refractivity contribution in [3.63, 3.8) is 0 Å². The van der Waals surface area contributed by atoms with Crippen molar-refractivity contribution in [3.8, 4) is 5.75 Å². The first-order valence-corrected chi connectivity index (χ1v) is 7.07. The number of carbonyl (C=O) groups excluding carboxylic acids is 1. The van der Waals surface area contributed by atoms with E-state index >= 15 is 0 Å². The fourth-order valence-electron chi connectivity index (χ4n) is 1.86. The zero-order valence-corrected chi connectivity index (χ0v) is 12.8. The molecule has 1 heterocycles. The smallest absolute Gasteiger partial charge is 0.224 e. The molecule has 0 radical (unpaired) electrons. The van der Waals surface area contributed by atoms with Gasteiger partial charge in [0.25, 0.3) is 0 Å². The van der Waals surface area contributed by atoms with E-state index in [-0.39, 0.29) is 12.0 Å². The molecule has 6 heteroatoms. The summed E-state index contributed by atoms with van der Waals surface area (Å²) >= 11 is 5.81. The molecule has 2 aromatic rings. The molecule has 1 N–H and O–H groups in total. The lowest BCUT2D eigenvalue weighted by atomic mass is 10.2. The molecule has 0 aliphatic heterocycles. The number of carbonyl (C=O) groups is 1. The third-order valence-electron chi connectivity index (χ3n) is 2.86. The zero-order chi connectivity index (χ0) is 15.2. The van der Waals surface area contributed by atoms with Gasteiger partial charge in [-0.3, -0.25) is 9.48 Å². The molecule has 5 nitrogen and oxygen atoms in total. The number of hydrogen-bond acceptors (Lipinski definition) is 3. The molecule has 1 aromatic heterocycles. The van der Waals surface area contributed by atoms with Crippen LogP contribution in [0.5, 0.6) is 5.75 Å². The van der Waals surface area contributed by atoms with Crippen molar-refractivity contribution in [1.82, 2.24) is 15.1 Å². The largest absolute Gasteiger partial charge is 0.489 e. The highest BCUT2D eigenvalue weighted by atomic mass is 35.5. The highest BCUT2D eigenvalue weighted by Crippen LogP contribution is 2.16. The van der Waals surface area contributed by atoms with Gasteiger partial charge in [0.05, 0.1) is 19.2 Å². The lowest BCUT2D eigenvalue weighted by molar-refractivity contribution is -0.120. The second kappa shape index (κ2) is 7.13. The van der Waals surface area contributed by atoms with Crippen molar-refractivity contribution in [3.05, 3.63) is 47.2 Å². The topological polar surface area (TPSA) is 56.2 Å². The standard InChI is InChI=1S/C15H18ClN3O2/c1-11(21-14-5-3-13(16)4-6-14)8-17-15(20)7-12-9-18-19(2)10-12/h3-6,9-11H,7-8H2,1-2H3,(H,17,20). The van der Waals surface area contributed by atoms with Crippen LogP contribution in [0, 0.1) is 0 Å². The van der Waals surface area contributed by atoms with Gasteiger partial charge >= 0.3 is 0 Å². The molecule has 1 amide bonds. The van der Waals surface area contributed by atoms with Crippen LogP contribution in [0.3, 0.4) is 0 Å². The Balaban J connectivity index is 1.74. The lowest BCUT2D eigenvalue weighted by Gasteiger charge is -2.15. The maximum atomic E-state index is 11.8. The number of rotatable bonds is 6. The molecule has 0 bridgehead atoms. The van der Waals surface area contributed by atoms with Gasteiger partial charge in [0.1, 0.15) is 11.9 Å². The number of benzene rings is 1. The molecule has 1 aromatic carbocycles. The molecule has 0 aliphatic rings. The van der Waals surface area contributed by atoms with E-state index in [1.165, 1.54) is 0 Å². The molecule has 0 spiro atoms. The monoisotopic (exact) mass is 307 g/mol. The Morgan fingerprint density at radius 3 is 2.76 bits per heavy atom. The summed E-state index contributed by atoms with van der Waals surface area (Å²) in [6.45, 7) is 2.35. The van der Waals surface area contributed by atoms with E-state index in [0.717, 1.165) is 11.3 Å². The summed E-state index contributed by atoms with van der Waals surface area (Å²) < 4.78 is 7.36. The highest BCUT2D eigenvalue weighted by molar-refractivity contribution is 6.30. The third-order valence-corrected chi connectivity index (χ3v) is 3.11. The van der Waals surface area contributed by atoms with Gasteiger partial charge in [-0.05, 0) is 36.8 Å². The number of nitrogens with one attached hydrogen (secondary N) is 1. The summed E-state index contributed by atoms with van der Waals surface area (Å²) in [5.74, 6) is 0.683. The highest BCUT2D eigenvalue weighted by Gasteiger charge is 2.08. The summed E-state index contributed by atoms with van der Waals surface area (Å²) in [5.41, 5.74) is 0.890. The molecule has 0 aliphatic carbocycles. The maximum absolute atomic E-state index is 11.8. The van der Waals surface area contributed by atoms with E-state index in [0.29, 0.717) is 18.0 Å². The first-order chi connectivity index (χ1) is 10.0. The van der Waals surface area contributed by atoms with E-state index in [1.807, 2.05) is 20.2 Å². The van der Waals surface area contributed by atoms with Gasteiger partial charge in [-0.2, -0.15) is 5.10 Å². The predicted molar refractivity (Wildman–Crippen MR) is 81.5 cm³/mol. The van der Waals surface area contributed by atoms with Crippen molar-refractivity contribution < 1.29 is 9.53 Å². The van der Waals surface area contributed by atoms with Crippen LogP contribution in [0.15, 0.2) is 36.7 Å². The number of halogens is 1. The quantitative estimate of drug-likeness (QED) is 0.890. The van der Waals surface area contributed by atoms with Gasteiger partial charge in [-0.15, -0.1) is 0 Å². The number of amides is 1. The van der Waals surface area contributed by atoms with Crippen LogP contribution in [0.1, 0.15) is 12.5 Å². The van der Waals surface area contributed by atoms with E-state index in [4.69, 9.17) is 16.3 Å². The number of aromatic nitrogens is 2. The Labute approximate surface area is 128 Å². The van der Waals surface area contributed by atoms with E-state index < -0.39 is 0 Å². The summed E-state index contributed by atoms with van der Waals surface area (Å²) in [6, 6.07) is 7.14. The minimum atomic E-state index is -0.121. The van der Waals surface area contributed by atoms with Crippen molar-refractivity contribution in [2.75, 3.05) is 6.54 Å². The molecular formula is C15H18ClN3O2. The van der Waals surface area contributed by atoms with Crippen LogP contribution >= 0.6 is 11.6 Å². The Kier molecular flexibility index (Phi) is 5.22. The average molecular weight is 308 g/mol. The average Bonchev–Trinajstić information content (AvgIpc) is 2.84. The van der Waals surface area contributed by atoms with Crippen LogP contribution in [-0.4, -0.2) is 28.3 Å². The van der Waals surface area contributed by atoms with Crippen molar-refractivity contribution in [2.24, 2.45) is 7.05 Å². The van der Waals surface area contributed by atoms with Gasteiger partial charge in [0, 0.05) is 18.3 Å². The van der Waals surface area contributed by atoms with Gasteiger partial charge in [0.15, 0.2) is 0 Å². The SMILES string of the molecule is CC(CNC(=O)Cc1cnn(C)c1)Oc1ccc(Cl)cc1. The van der Waals surface area contributed by atoms with Crippen molar-refractivity contribution in [2.45, 2.75) is 19.4 Å². The minimum absolute atomic E-state index is 0.0467. The number of nitrogens with zero attached hydrogens (tertiary/aromatic N) is 2. The molecule has 0 saturated heterocycles. The Bertz CT molecular complexity index is 595. The molecule has 1 atom stereocenters. The van der Waals surface area contributed by atoms with Crippen LogP contribution in [-0.2, 0) is 18.3 Å². The first-order valence-electron chi connectivity index (χ1n) is 6.69. The third kappa shape index (κ3) is 5.11. The Morgan fingerprint density at radius 1 is 1.43 bits per heavy atom. The molecular weight excluding hydrogens is 290 g/mol. The van der Waals surface area contributed by atoms with Crippen molar-refractivity contribution >= 4 is 17.5 Å². The van der Waals surface area contributed by atoms with Crippen LogP contribution in [0.2, 0.25) is 5.02 Å². The second-order valence-corrected chi connectivity index (χ2v) is 5.32. The summed E-state index contributed by atoms with van der Waals surface area (Å²) in [4.78, 5) is 11.8. The number of hydrogen-bond donors (Lipinski definition) is 1. The second-order valence-electron chi connectivity index (χ2n) is 4.89. The first kappa shape index (κ1) is 15.4. The van der Waals surface area contributed by atoms with Gasteiger partial charge < -0.3 is 10.1 Å². The summed E-state index contributed by atoms with van der Waals surface area (Å²) in [6.07, 6.45) is 3.71.